The maximum atomic E-state index is 13.6. The second-order valence-corrected chi connectivity index (χ2v) is 11.9. The summed E-state index contributed by atoms with van der Waals surface area (Å²) >= 11 is 14.0. The number of carbonyl (C=O) groups is 1. The Morgan fingerprint density at radius 3 is 2.28 bits per heavy atom. The van der Waals surface area contributed by atoms with Gasteiger partial charge in [0.1, 0.15) is 12.3 Å². The molecule has 36 heavy (non-hydrogen) atoms. The zero-order valence-electron chi connectivity index (χ0n) is 20.3. The van der Waals surface area contributed by atoms with Gasteiger partial charge in [-0.2, -0.15) is 11.8 Å². The van der Waals surface area contributed by atoms with Gasteiger partial charge in [0.25, 0.3) is 10.0 Å². The zero-order valence-corrected chi connectivity index (χ0v) is 23.4. The summed E-state index contributed by atoms with van der Waals surface area (Å²) in [6.45, 7) is 3.69. The largest absolute Gasteiger partial charge is 0.495 e. The van der Waals surface area contributed by atoms with E-state index < -0.39 is 22.5 Å². The van der Waals surface area contributed by atoms with Gasteiger partial charge >= 0.3 is 0 Å². The van der Waals surface area contributed by atoms with Crippen LogP contribution in [-0.4, -0.2) is 40.3 Å². The summed E-state index contributed by atoms with van der Waals surface area (Å²) in [5, 5.41) is 4.01. The lowest BCUT2D eigenvalue weighted by atomic mass is 10.2. The lowest BCUT2D eigenvalue weighted by Gasteiger charge is -2.26. The topological polar surface area (TPSA) is 75.7 Å². The summed E-state index contributed by atoms with van der Waals surface area (Å²) in [6, 6.07) is 17.1. The Hall–Kier alpha value is -2.39. The Balaban J connectivity index is 1.73. The minimum absolute atomic E-state index is 0.0941. The van der Waals surface area contributed by atoms with Crippen molar-refractivity contribution in [1.29, 1.82) is 0 Å². The van der Waals surface area contributed by atoms with Gasteiger partial charge in [0, 0.05) is 28.1 Å². The minimum Gasteiger partial charge on any atom is -0.495 e. The van der Waals surface area contributed by atoms with Crippen molar-refractivity contribution in [2.24, 2.45) is 0 Å². The molecule has 0 aliphatic heterocycles. The number of methoxy groups -OCH3 is 1. The molecule has 10 heteroatoms. The fraction of sp³-hybridized carbons (Fsp3) is 0.269. The van der Waals surface area contributed by atoms with Crippen molar-refractivity contribution in [1.82, 2.24) is 5.32 Å². The lowest BCUT2D eigenvalue weighted by molar-refractivity contribution is -0.119. The van der Waals surface area contributed by atoms with E-state index in [2.05, 4.69) is 5.32 Å². The van der Waals surface area contributed by atoms with Crippen molar-refractivity contribution in [2.75, 3.05) is 30.3 Å². The molecule has 0 saturated carbocycles. The summed E-state index contributed by atoms with van der Waals surface area (Å²) < 4.78 is 33.8. The second kappa shape index (κ2) is 12.7. The standard InChI is InChI=1S/C26H28Cl2N2O4S2/c1-18-7-10-20(11-8-18)36(32,33)30(24-15-19(2)9-12-25(24)34-3)16-26(31)29-13-14-35-17-21-22(27)5-4-6-23(21)28/h4-12,15H,13-14,16-17H2,1-3H3,(H,29,31). The van der Waals surface area contributed by atoms with Gasteiger partial charge in [-0.25, -0.2) is 8.42 Å². The first-order valence-corrected chi connectivity index (χ1v) is 14.5. The maximum Gasteiger partial charge on any atom is 0.264 e. The minimum atomic E-state index is -4.04. The third kappa shape index (κ3) is 7.09. The number of nitrogens with zero attached hydrogens (tertiary/aromatic N) is 1. The van der Waals surface area contributed by atoms with E-state index in [-0.39, 0.29) is 4.90 Å². The van der Waals surface area contributed by atoms with Crippen LogP contribution in [-0.2, 0) is 20.6 Å². The molecule has 0 aliphatic rings. The highest BCUT2D eigenvalue weighted by molar-refractivity contribution is 7.98. The van der Waals surface area contributed by atoms with E-state index in [9.17, 15) is 13.2 Å². The van der Waals surface area contributed by atoms with Gasteiger partial charge in [0.2, 0.25) is 5.91 Å². The molecule has 0 aliphatic carbocycles. The summed E-state index contributed by atoms with van der Waals surface area (Å²) in [7, 11) is -2.57. The number of aryl methyl sites for hydroxylation is 2. The molecule has 0 aromatic heterocycles. The molecular formula is C26H28Cl2N2O4S2. The molecule has 192 valence electrons. The van der Waals surface area contributed by atoms with Gasteiger partial charge in [-0.1, -0.05) is 53.0 Å². The monoisotopic (exact) mass is 566 g/mol. The van der Waals surface area contributed by atoms with Crippen molar-refractivity contribution >= 4 is 56.6 Å². The van der Waals surface area contributed by atoms with Crippen LogP contribution in [0.15, 0.2) is 65.6 Å². The van der Waals surface area contributed by atoms with E-state index in [0.29, 0.717) is 39.5 Å². The van der Waals surface area contributed by atoms with Gasteiger partial charge in [-0.15, -0.1) is 0 Å². The number of hydrogen-bond acceptors (Lipinski definition) is 5. The van der Waals surface area contributed by atoms with Gasteiger partial charge in [0.15, 0.2) is 0 Å². The van der Waals surface area contributed by atoms with E-state index in [0.717, 1.165) is 21.0 Å². The fourth-order valence-electron chi connectivity index (χ4n) is 3.43. The Morgan fingerprint density at radius 2 is 1.64 bits per heavy atom. The first-order valence-electron chi connectivity index (χ1n) is 11.1. The van der Waals surface area contributed by atoms with Gasteiger partial charge in [0.05, 0.1) is 17.7 Å². The van der Waals surface area contributed by atoms with Crippen LogP contribution < -0.4 is 14.4 Å². The molecule has 0 heterocycles. The van der Waals surface area contributed by atoms with Gasteiger partial charge < -0.3 is 10.1 Å². The fourth-order valence-corrected chi connectivity index (χ4v) is 6.44. The van der Waals surface area contributed by atoms with E-state index in [4.69, 9.17) is 27.9 Å². The van der Waals surface area contributed by atoms with E-state index in [1.54, 1.807) is 54.2 Å². The Kier molecular flexibility index (Phi) is 9.96. The van der Waals surface area contributed by atoms with E-state index in [1.807, 2.05) is 19.9 Å². The van der Waals surface area contributed by atoms with Crippen molar-refractivity contribution in [3.8, 4) is 5.75 Å². The second-order valence-electron chi connectivity index (χ2n) is 8.10. The smallest absolute Gasteiger partial charge is 0.264 e. The molecule has 6 nitrogen and oxygen atoms in total. The molecule has 0 bridgehead atoms. The molecule has 0 atom stereocenters. The van der Waals surface area contributed by atoms with Crippen LogP contribution in [0.25, 0.3) is 0 Å². The highest BCUT2D eigenvalue weighted by Gasteiger charge is 2.29. The molecule has 0 radical (unpaired) electrons. The molecule has 0 fully saturated rings. The van der Waals surface area contributed by atoms with Crippen molar-refractivity contribution in [2.45, 2.75) is 24.5 Å². The van der Waals surface area contributed by atoms with Crippen LogP contribution in [0.2, 0.25) is 10.0 Å². The molecule has 1 amide bonds. The number of hydrogen-bond donors (Lipinski definition) is 1. The number of ether oxygens (including phenoxy) is 1. The molecular weight excluding hydrogens is 539 g/mol. The Morgan fingerprint density at radius 1 is 1.00 bits per heavy atom. The average Bonchev–Trinajstić information content (AvgIpc) is 2.84. The van der Waals surface area contributed by atoms with Crippen LogP contribution in [0.1, 0.15) is 16.7 Å². The van der Waals surface area contributed by atoms with Crippen molar-refractivity contribution in [3.05, 3.63) is 87.4 Å². The number of rotatable bonds is 11. The number of benzene rings is 3. The summed E-state index contributed by atoms with van der Waals surface area (Å²) in [5.41, 5.74) is 2.92. The first kappa shape index (κ1) is 28.2. The number of sulfonamides is 1. The number of halogens is 2. The predicted molar refractivity (Wildman–Crippen MR) is 149 cm³/mol. The Bertz CT molecular complexity index is 1300. The molecule has 3 aromatic carbocycles. The first-order chi connectivity index (χ1) is 17.1. The number of carbonyl (C=O) groups excluding carboxylic acids is 1. The molecule has 0 spiro atoms. The SMILES string of the molecule is COc1ccc(C)cc1N(CC(=O)NCCSCc1c(Cl)cccc1Cl)S(=O)(=O)c1ccc(C)cc1. The van der Waals surface area contributed by atoms with Gasteiger partial charge in [-0.05, 0) is 61.4 Å². The summed E-state index contributed by atoms with van der Waals surface area (Å²) in [4.78, 5) is 13.0. The van der Waals surface area contributed by atoms with Crippen molar-refractivity contribution in [3.63, 3.8) is 0 Å². The summed E-state index contributed by atoms with van der Waals surface area (Å²) in [6.07, 6.45) is 0. The van der Waals surface area contributed by atoms with Crippen LogP contribution in [0.4, 0.5) is 5.69 Å². The third-order valence-corrected chi connectivity index (χ3v) is 8.84. The van der Waals surface area contributed by atoms with Crippen molar-refractivity contribution < 1.29 is 17.9 Å². The highest BCUT2D eigenvalue weighted by Crippen LogP contribution is 2.33. The maximum absolute atomic E-state index is 13.6. The number of amides is 1. The zero-order chi connectivity index (χ0) is 26.3. The normalized spacial score (nSPS) is 11.2. The van der Waals surface area contributed by atoms with E-state index >= 15 is 0 Å². The van der Waals surface area contributed by atoms with Crippen LogP contribution in [0.5, 0.6) is 5.75 Å². The number of thioether (sulfide) groups is 1. The lowest BCUT2D eigenvalue weighted by Crippen LogP contribution is -2.41. The average molecular weight is 568 g/mol. The third-order valence-electron chi connectivity index (χ3n) is 5.38. The molecule has 3 rings (SSSR count). The van der Waals surface area contributed by atoms with Crippen LogP contribution in [0.3, 0.4) is 0 Å². The quantitative estimate of drug-likeness (QED) is 0.294. The summed E-state index contributed by atoms with van der Waals surface area (Å²) in [5.74, 6) is 1.14. The number of nitrogens with one attached hydrogen (secondary N) is 1. The molecule has 3 aromatic rings. The number of anilines is 1. The molecule has 0 unspecified atom stereocenters. The van der Waals surface area contributed by atoms with E-state index in [1.165, 1.54) is 19.2 Å². The van der Waals surface area contributed by atoms with Crippen LogP contribution in [0, 0.1) is 13.8 Å². The molecule has 1 N–H and O–H groups in total. The molecule has 0 saturated heterocycles. The Labute approximate surface area is 227 Å². The van der Waals surface area contributed by atoms with Gasteiger partial charge in [-0.3, -0.25) is 9.10 Å². The van der Waals surface area contributed by atoms with Crippen LogP contribution >= 0.6 is 35.0 Å². The highest BCUT2D eigenvalue weighted by atomic mass is 35.5. The predicted octanol–water partition coefficient (Wildman–Crippen LogP) is 5.86.